The number of ether oxygens (including phenoxy) is 1. The zero-order chi connectivity index (χ0) is 27.1. The Balaban J connectivity index is 1.50. The third-order valence-corrected chi connectivity index (χ3v) is 6.80. The Bertz CT molecular complexity index is 1460. The number of amides is 2. The van der Waals surface area contributed by atoms with Crippen molar-refractivity contribution in [1.29, 1.82) is 0 Å². The molecule has 0 bridgehead atoms. The fourth-order valence-electron chi connectivity index (χ4n) is 3.61. The lowest BCUT2D eigenvalue weighted by atomic mass is 10.1. The molecule has 0 spiro atoms. The Hall–Kier alpha value is -4.76. The highest BCUT2D eigenvalue weighted by atomic mass is 32.2. The zero-order valence-electron chi connectivity index (χ0n) is 20.3. The summed E-state index contributed by atoms with van der Waals surface area (Å²) in [5.41, 5.74) is 1.75. The van der Waals surface area contributed by atoms with E-state index in [1.807, 2.05) is 30.3 Å². The van der Waals surface area contributed by atoms with Crippen molar-refractivity contribution in [3.05, 3.63) is 114 Å². The largest absolute Gasteiger partial charge is 0.507 e. The first-order chi connectivity index (χ1) is 18.3. The standard InChI is InChI=1S/C29H24N2O6S/c1-37-22-9-5-8-19(16-22)27(33)30-20-10-13-23(14-11-20)38-26(18-6-3-2-4-7-18)28(34)31-21-12-15-25(32)24(17-21)29(35)36/h2-17,26,32H,1H3,(H,30,33)(H,31,34)(H,35,36). The van der Waals surface area contributed by atoms with Crippen LogP contribution < -0.4 is 15.4 Å². The molecule has 0 aliphatic carbocycles. The molecular weight excluding hydrogens is 504 g/mol. The summed E-state index contributed by atoms with van der Waals surface area (Å²) >= 11 is 1.30. The van der Waals surface area contributed by atoms with Gasteiger partial charge in [-0.2, -0.15) is 0 Å². The first-order valence-electron chi connectivity index (χ1n) is 11.5. The molecule has 8 nitrogen and oxygen atoms in total. The molecule has 2 amide bonds. The van der Waals surface area contributed by atoms with Crippen LogP contribution >= 0.6 is 11.8 Å². The lowest BCUT2D eigenvalue weighted by Crippen LogP contribution is -2.19. The molecule has 9 heteroatoms. The predicted octanol–water partition coefficient (Wildman–Crippen LogP) is 5.82. The third kappa shape index (κ3) is 6.51. The van der Waals surface area contributed by atoms with Crippen LogP contribution in [0.25, 0.3) is 0 Å². The van der Waals surface area contributed by atoms with Crippen LogP contribution in [-0.2, 0) is 4.79 Å². The number of benzene rings is 4. The monoisotopic (exact) mass is 528 g/mol. The molecule has 1 atom stereocenters. The SMILES string of the molecule is COc1cccc(C(=O)Nc2ccc(SC(C(=O)Nc3ccc(O)c(C(=O)O)c3)c3ccccc3)cc2)c1. The normalized spacial score (nSPS) is 11.3. The van der Waals surface area contributed by atoms with Gasteiger partial charge in [-0.3, -0.25) is 9.59 Å². The summed E-state index contributed by atoms with van der Waals surface area (Å²) in [4.78, 5) is 38.0. The number of carbonyl (C=O) groups is 3. The highest BCUT2D eigenvalue weighted by Crippen LogP contribution is 2.37. The van der Waals surface area contributed by atoms with Gasteiger partial charge in [0.15, 0.2) is 0 Å². The Kier molecular flexibility index (Phi) is 8.30. The Morgan fingerprint density at radius 2 is 1.53 bits per heavy atom. The molecule has 0 saturated heterocycles. The second-order valence-corrected chi connectivity index (χ2v) is 9.32. The van der Waals surface area contributed by atoms with Crippen LogP contribution in [0.1, 0.15) is 31.5 Å². The molecule has 4 aromatic rings. The van der Waals surface area contributed by atoms with E-state index in [-0.39, 0.29) is 28.8 Å². The van der Waals surface area contributed by atoms with Crippen molar-refractivity contribution in [1.82, 2.24) is 0 Å². The summed E-state index contributed by atoms with van der Waals surface area (Å²) in [6, 6.07) is 27.0. The summed E-state index contributed by atoms with van der Waals surface area (Å²) in [5, 5.41) is 24.0. The van der Waals surface area contributed by atoms with Gasteiger partial charge in [-0.05, 0) is 66.2 Å². The van der Waals surface area contributed by atoms with Crippen molar-refractivity contribution in [3.63, 3.8) is 0 Å². The van der Waals surface area contributed by atoms with Crippen molar-refractivity contribution in [2.45, 2.75) is 10.1 Å². The Morgan fingerprint density at radius 1 is 0.816 bits per heavy atom. The van der Waals surface area contributed by atoms with Crippen molar-refractivity contribution in [2.75, 3.05) is 17.7 Å². The Morgan fingerprint density at radius 3 is 2.21 bits per heavy atom. The number of anilines is 2. The van der Waals surface area contributed by atoms with Crippen LogP contribution in [0.4, 0.5) is 11.4 Å². The molecular formula is C29H24N2O6S. The number of carbonyl (C=O) groups excluding carboxylic acids is 2. The topological polar surface area (TPSA) is 125 Å². The number of aromatic carboxylic acids is 1. The van der Waals surface area contributed by atoms with Gasteiger partial charge in [0.1, 0.15) is 22.3 Å². The molecule has 1 unspecified atom stereocenters. The maximum Gasteiger partial charge on any atom is 0.339 e. The number of thioether (sulfide) groups is 1. The molecule has 192 valence electrons. The number of aromatic hydroxyl groups is 1. The quantitative estimate of drug-likeness (QED) is 0.159. The second-order valence-electron chi connectivity index (χ2n) is 8.15. The number of phenols is 1. The van der Waals surface area contributed by atoms with Crippen molar-refractivity contribution in [2.24, 2.45) is 0 Å². The van der Waals surface area contributed by atoms with E-state index < -0.39 is 11.2 Å². The van der Waals surface area contributed by atoms with Gasteiger partial charge in [0.05, 0.1) is 7.11 Å². The molecule has 4 aromatic carbocycles. The van der Waals surface area contributed by atoms with Crippen molar-refractivity contribution >= 4 is 40.9 Å². The fourth-order valence-corrected chi connectivity index (χ4v) is 4.64. The first-order valence-corrected chi connectivity index (χ1v) is 12.4. The van der Waals surface area contributed by atoms with Gasteiger partial charge in [0.25, 0.3) is 5.91 Å². The molecule has 0 heterocycles. The van der Waals surface area contributed by atoms with E-state index in [1.165, 1.54) is 37.1 Å². The molecule has 38 heavy (non-hydrogen) atoms. The number of hydrogen-bond acceptors (Lipinski definition) is 6. The highest BCUT2D eigenvalue weighted by Gasteiger charge is 2.23. The number of nitrogens with one attached hydrogen (secondary N) is 2. The van der Waals surface area contributed by atoms with E-state index in [1.54, 1.807) is 48.5 Å². The minimum Gasteiger partial charge on any atom is -0.507 e. The smallest absolute Gasteiger partial charge is 0.339 e. The van der Waals surface area contributed by atoms with E-state index in [2.05, 4.69) is 10.6 Å². The number of methoxy groups -OCH3 is 1. The van der Waals surface area contributed by atoms with Gasteiger partial charge in [0, 0.05) is 21.8 Å². The summed E-state index contributed by atoms with van der Waals surface area (Å²) in [6.07, 6.45) is 0. The maximum atomic E-state index is 13.3. The minimum atomic E-state index is -1.30. The molecule has 0 aliphatic rings. The molecule has 4 rings (SSSR count). The number of rotatable bonds is 9. The van der Waals surface area contributed by atoms with Gasteiger partial charge >= 0.3 is 5.97 Å². The Labute approximate surface area is 223 Å². The zero-order valence-corrected chi connectivity index (χ0v) is 21.1. The molecule has 0 aliphatic heterocycles. The summed E-state index contributed by atoms with van der Waals surface area (Å²) < 4.78 is 5.17. The van der Waals surface area contributed by atoms with Crippen LogP contribution in [0.5, 0.6) is 11.5 Å². The van der Waals surface area contributed by atoms with Gasteiger partial charge in [-0.25, -0.2) is 4.79 Å². The second kappa shape index (κ2) is 12.0. The van der Waals surface area contributed by atoms with E-state index >= 15 is 0 Å². The summed E-state index contributed by atoms with van der Waals surface area (Å²) in [7, 11) is 1.54. The van der Waals surface area contributed by atoms with Gasteiger partial charge < -0.3 is 25.6 Å². The fraction of sp³-hybridized carbons (Fsp3) is 0.0690. The average molecular weight is 529 g/mol. The molecule has 0 radical (unpaired) electrons. The lowest BCUT2D eigenvalue weighted by Gasteiger charge is -2.18. The first kappa shape index (κ1) is 26.3. The van der Waals surface area contributed by atoms with Crippen molar-refractivity contribution in [3.8, 4) is 11.5 Å². The lowest BCUT2D eigenvalue weighted by molar-refractivity contribution is -0.115. The van der Waals surface area contributed by atoms with E-state index in [0.29, 0.717) is 17.0 Å². The van der Waals surface area contributed by atoms with Gasteiger partial charge in [-0.1, -0.05) is 36.4 Å². The summed E-state index contributed by atoms with van der Waals surface area (Å²) in [6.45, 7) is 0. The number of carboxylic acid groups (broad SMARTS) is 1. The van der Waals surface area contributed by atoms with E-state index in [9.17, 15) is 24.6 Å². The highest BCUT2D eigenvalue weighted by molar-refractivity contribution is 8.00. The maximum absolute atomic E-state index is 13.3. The molecule has 0 aromatic heterocycles. The van der Waals surface area contributed by atoms with E-state index in [0.717, 1.165) is 10.5 Å². The van der Waals surface area contributed by atoms with Crippen molar-refractivity contribution < 1.29 is 29.3 Å². The van der Waals surface area contributed by atoms with Crippen LogP contribution in [0.3, 0.4) is 0 Å². The predicted molar refractivity (Wildman–Crippen MR) is 146 cm³/mol. The summed E-state index contributed by atoms with van der Waals surface area (Å²) in [5.74, 6) is -1.74. The minimum absolute atomic E-state index is 0.252. The number of hydrogen-bond donors (Lipinski definition) is 4. The van der Waals surface area contributed by atoms with Crippen LogP contribution in [-0.4, -0.2) is 35.1 Å². The van der Waals surface area contributed by atoms with Gasteiger partial charge in [0.2, 0.25) is 5.91 Å². The number of carboxylic acids is 1. The average Bonchev–Trinajstić information content (AvgIpc) is 2.94. The van der Waals surface area contributed by atoms with Crippen LogP contribution in [0, 0.1) is 0 Å². The molecule has 0 fully saturated rings. The third-order valence-electron chi connectivity index (χ3n) is 5.53. The molecule has 4 N–H and O–H groups in total. The van der Waals surface area contributed by atoms with Crippen LogP contribution in [0.2, 0.25) is 0 Å². The molecule has 0 saturated carbocycles. The van der Waals surface area contributed by atoms with E-state index in [4.69, 9.17) is 4.74 Å². The van der Waals surface area contributed by atoms with Crippen LogP contribution in [0.15, 0.2) is 102 Å². The van der Waals surface area contributed by atoms with Gasteiger partial charge in [-0.15, -0.1) is 11.8 Å².